The van der Waals surface area contributed by atoms with Gasteiger partial charge in [0, 0.05) is 13.0 Å². The molecule has 1 fully saturated rings. The van der Waals surface area contributed by atoms with Crippen molar-refractivity contribution in [2.45, 2.75) is 25.7 Å². The molecule has 1 amide bonds. The molecule has 1 aliphatic carbocycles. The van der Waals surface area contributed by atoms with Crippen LogP contribution in [0.3, 0.4) is 0 Å². The van der Waals surface area contributed by atoms with Crippen molar-refractivity contribution in [3.63, 3.8) is 0 Å². The van der Waals surface area contributed by atoms with Crippen LogP contribution in [0.1, 0.15) is 31.2 Å². The monoisotopic (exact) mass is 233 g/mol. The van der Waals surface area contributed by atoms with Crippen molar-refractivity contribution in [1.29, 1.82) is 0 Å². The average Bonchev–Trinajstić information content (AvgIpc) is 3.15. The van der Waals surface area contributed by atoms with Crippen molar-refractivity contribution >= 4 is 5.91 Å². The number of hydrogen-bond acceptors (Lipinski definition) is 2. The fourth-order valence-electron chi connectivity index (χ4n) is 2.12. The molecule has 3 heteroatoms. The van der Waals surface area contributed by atoms with Crippen molar-refractivity contribution in [3.8, 4) is 5.75 Å². The number of carbonyl (C=O) groups excluding carboxylic acids is 1. The van der Waals surface area contributed by atoms with Crippen LogP contribution in [0.25, 0.3) is 0 Å². The summed E-state index contributed by atoms with van der Waals surface area (Å²) in [4.78, 5) is 11.2. The average molecular weight is 233 g/mol. The Morgan fingerprint density at radius 3 is 3.06 bits per heavy atom. The molecule has 0 saturated heterocycles. The van der Waals surface area contributed by atoms with E-state index < -0.39 is 0 Å². The summed E-state index contributed by atoms with van der Waals surface area (Å²) < 4.78 is 5.21. The number of ether oxygens (including phenoxy) is 1. The van der Waals surface area contributed by atoms with Crippen molar-refractivity contribution in [1.82, 2.24) is 5.32 Å². The van der Waals surface area contributed by atoms with Gasteiger partial charge in [-0.05, 0) is 36.0 Å². The predicted molar refractivity (Wildman–Crippen MR) is 67.1 cm³/mol. The summed E-state index contributed by atoms with van der Waals surface area (Å²) in [5.41, 5.74) is 1.32. The van der Waals surface area contributed by atoms with Crippen LogP contribution in [0, 0.1) is 5.92 Å². The fourth-order valence-corrected chi connectivity index (χ4v) is 2.12. The standard InChI is InChI=1S/C14H19NO2/c1-3-14(16)15-9-11-8-13(11)10-5-4-6-12(7-10)17-2/h4-7,11,13H,3,8-9H2,1-2H3,(H,15,16)/t11-,13-/m0/s1. The summed E-state index contributed by atoms with van der Waals surface area (Å²) in [6.07, 6.45) is 1.73. The zero-order valence-corrected chi connectivity index (χ0v) is 10.4. The highest BCUT2D eigenvalue weighted by molar-refractivity contribution is 5.75. The number of rotatable bonds is 5. The predicted octanol–water partition coefficient (Wildman–Crippen LogP) is 2.32. The lowest BCUT2D eigenvalue weighted by molar-refractivity contribution is -0.120. The largest absolute Gasteiger partial charge is 0.497 e. The molecule has 0 spiro atoms. The van der Waals surface area contributed by atoms with E-state index in [-0.39, 0.29) is 5.91 Å². The van der Waals surface area contributed by atoms with Gasteiger partial charge in [-0.15, -0.1) is 0 Å². The Morgan fingerprint density at radius 1 is 1.53 bits per heavy atom. The first-order chi connectivity index (χ1) is 8.24. The van der Waals surface area contributed by atoms with Gasteiger partial charge in [-0.1, -0.05) is 19.1 Å². The smallest absolute Gasteiger partial charge is 0.219 e. The van der Waals surface area contributed by atoms with Crippen LogP contribution < -0.4 is 10.1 Å². The molecule has 1 aromatic carbocycles. The minimum atomic E-state index is 0.140. The normalized spacial score (nSPS) is 22.0. The summed E-state index contributed by atoms with van der Waals surface area (Å²) in [5.74, 6) is 2.23. The highest BCUT2D eigenvalue weighted by atomic mass is 16.5. The van der Waals surface area contributed by atoms with Gasteiger partial charge in [0.1, 0.15) is 5.75 Å². The van der Waals surface area contributed by atoms with E-state index in [1.807, 2.05) is 19.1 Å². The van der Waals surface area contributed by atoms with E-state index in [1.165, 1.54) is 5.56 Å². The van der Waals surface area contributed by atoms with E-state index in [9.17, 15) is 4.79 Å². The van der Waals surface area contributed by atoms with Crippen molar-refractivity contribution in [2.24, 2.45) is 5.92 Å². The molecule has 1 saturated carbocycles. The minimum Gasteiger partial charge on any atom is -0.497 e. The Hall–Kier alpha value is -1.51. The van der Waals surface area contributed by atoms with Crippen LogP contribution in [-0.2, 0) is 4.79 Å². The number of nitrogens with one attached hydrogen (secondary N) is 1. The van der Waals surface area contributed by atoms with Gasteiger partial charge in [-0.25, -0.2) is 0 Å². The molecule has 0 aromatic heterocycles. The second-order valence-electron chi connectivity index (χ2n) is 4.54. The number of carbonyl (C=O) groups is 1. The zero-order chi connectivity index (χ0) is 12.3. The van der Waals surface area contributed by atoms with E-state index in [1.54, 1.807) is 7.11 Å². The van der Waals surface area contributed by atoms with E-state index in [4.69, 9.17) is 4.74 Å². The molecule has 0 radical (unpaired) electrons. The maximum Gasteiger partial charge on any atom is 0.219 e. The molecule has 0 aliphatic heterocycles. The van der Waals surface area contributed by atoms with Gasteiger partial charge in [-0.2, -0.15) is 0 Å². The molecule has 1 aliphatic rings. The molecule has 0 heterocycles. The fraction of sp³-hybridized carbons (Fsp3) is 0.500. The maximum absolute atomic E-state index is 11.2. The third-order valence-electron chi connectivity index (χ3n) is 3.33. The molecule has 0 unspecified atom stereocenters. The first kappa shape index (κ1) is 12.0. The van der Waals surface area contributed by atoms with E-state index in [0.29, 0.717) is 18.3 Å². The lowest BCUT2D eigenvalue weighted by atomic mass is 10.1. The summed E-state index contributed by atoms with van der Waals surface area (Å²) in [7, 11) is 1.69. The third kappa shape index (κ3) is 2.99. The Morgan fingerprint density at radius 2 is 2.35 bits per heavy atom. The Balaban J connectivity index is 1.87. The highest BCUT2D eigenvalue weighted by Gasteiger charge is 2.38. The van der Waals surface area contributed by atoms with E-state index in [0.717, 1.165) is 18.7 Å². The SMILES string of the molecule is CCC(=O)NC[C@@H]1C[C@H]1c1cccc(OC)c1. The van der Waals surface area contributed by atoms with Gasteiger partial charge < -0.3 is 10.1 Å². The van der Waals surface area contributed by atoms with Crippen LogP contribution in [-0.4, -0.2) is 19.6 Å². The Kier molecular flexibility index (Phi) is 3.67. The van der Waals surface area contributed by atoms with Crippen LogP contribution >= 0.6 is 0 Å². The molecule has 3 nitrogen and oxygen atoms in total. The number of benzene rings is 1. The first-order valence-corrected chi connectivity index (χ1v) is 6.15. The molecule has 17 heavy (non-hydrogen) atoms. The summed E-state index contributed by atoms with van der Waals surface area (Å²) in [6, 6.07) is 8.20. The highest BCUT2D eigenvalue weighted by Crippen LogP contribution is 2.47. The van der Waals surface area contributed by atoms with Gasteiger partial charge in [0.2, 0.25) is 5.91 Å². The lowest BCUT2D eigenvalue weighted by Crippen LogP contribution is -2.24. The van der Waals surface area contributed by atoms with Gasteiger partial charge in [-0.3, -0.25) is 4.79 Å². The molecule has 2 rings (SSSR count). The molecular formula is C14H19NO2. The van der Waals surface area contributed by atoms with Gasteiger partial charge in [0.25, 0.3) is 0 Å². The molecule has 92 valence electrons. The van der Waals surface area contributed by atoms with E-state index in [2.05, 4.69) is 17.4 Å². The summed E-state index contributed by atoms with van der Waals surface area (Å²) in [6.45, 7) is 2.68. The van der Waals surface area contributed by atoms with Gasteiger partial charge in [0.05, 0.1) is 7.11 Å². The second-order valence-corrected chi connectivity index (χ2v) is 4.54. The van der Waals surface area contributed by atoms with Crippen molar-refractivity contribution in [3.05, 3.63) is 29.8 Å². The topological polar surface area (TPSA) is 38.3 Å². The summed E-state index contributed by atoms with van der Waals surface area (Å²) >= 11 is 0. The molecule has 1 N–H and O–H groups in total. The quantitative estimate of drug-likeness (QED) is 0.847. The molecular weight excluding hydrogens is 214 g/mol. The Bertz CT molecular complexity index is 403. The summed E-state index contributed by atoms with van der Waals surface area (Å²) in [5, 5.41) is 2.95. The maximum atomic E-state index is 11.2. The number of amides is 1. The Labute approximate surface area is 102 Å². The van der Waals surface area contributed by atoms with E-state index >= 15 is 0 Å². The van der Waals surface area contributed by atoms with Crippen molar-refractivity contribution < 1.29 is 9.53 Å². The molecule has 1 aromatic rings. The third-order valence-corrected chi connectivity index (χ3v) is 3.33. The van der Waals surface area contributed by atoms with Gasteiger partial charge >= 0.3 is 0 Å². The van der Waals surface area contributed by atoms with Crippen LogP contribution in [0.2, 0.25) is 0 Å². The van der Waals surface area contributed by atoms with Crippen LogP contribution in [0.15, 0.2) is 24.3 Å². The zero-order valence-electron chi connectivity index (χ0n) is 10.4. The van der Waals surface area contributed by atoms with Crippen molar-refractivity contribution in [2.75, 3.05) is 13.7 Å². The lowest BCUT2D eigenvalue weighted by Gasteiger charge is -2.05. The van der Waals surface area contributed by atoms with Gasteiger partial charge in [0.15, 0.2) is 0 Å². The minimum absolute atomic E-state index is 0.140. The van der Waals surface area contributed by atoms with Crippen LogP contribution in [0.5, 0.6) is 5.75 Å². The first-order valence-electron chi connectivity index (χ1n) is 6.15. The van der Waals surface area contributed by atoms with Crippen LogP contribution in [0.4, 0.5) is 0 Å². The second kappa shape index (κ2) is 5.21. The molecule has 0 bridgehead atoms. The number of hydrogen-bond donors (Lipinski definition) is 1. The number of methoxy groups -OCH3 is 1. The molecule has 2 atom stereocenters.